The second-order valence-electron chi connectivity index (χ2n) is 25.8. The summed E-state index contributed by atoms with van der Waals surface area (Å²) >= 11 is 0. The zero-order valence-corrected chi connectivity index (χ0v) is 59.9. The summed E-state index contributed by atoms with van der Waals surface area (Å²) < 4.78 is 28.2. The minimum absolute atomic E-state index is 0.197. The second kappa shape index (κ2) is 38.6. The van der Waals surface area contributed by atoms with Gasteiger partial charge in [0.1, 0.15) is 72.3 Å². The molecule has 7 rings (SSSR count). The minimum Gasteiger partial charge on any atom is -0.508 e. The van der Waals surface area contributed by atoms with Crippen LogP contribution in [0.1, 0.15) is 82.0 Å². The number of phosphoric acid groups is 1. The fourth-order valence-electron chi connectivity index (χ4n) is 11.8. The molecule has 2 aliphatic heterocycles. The fourth-order valence-corrected chi connectivity index (χ4v) is 12.3. The zero-order valence-electron chi connectivity index (χ0n) is 59.0. The van der Waals surface area contributed by atoms with Gasteiger partial charge >= 0.3 is 37.7 Å². The summed E-state index contributed by atoms with van der Waals surface area (Å²) in [5.74, 6) is -29.6. The maximum absolute atomic E-state index is 15.4. The maximum Gasteiger partial charge on any atom is 0.470 e. The number of carboxylic acid groups (broad SMARTS) is 4. The summed E-state index contributed by atoms with van der Waals surface area (Å²) in [5, 5.41) is 85.1. The van der Waals surface area contributed by atoms with E-state index in [2.05, 4.69) is 46.4 Å². The molecule has 3 aromatic carbocycles. The van der Waals surface area contributed by atoms with Crippen molar-refractivity contribution >= 4 is 130 Å². The molecule has 0 aliphatic carbocycles. The van der Waals surface area contributed by atoms with Gasteiger partial charge in [-0.25, -0.2) is 9.36 Å². The van der Waals surface area contributed by atoms with E-state index >= 15 is 19.2 Å². The summed E-state index contributed by atoms with van der Waals surface area (Å²) in [4.78, 5) is 263. The van der Waals surface area contributed by atoms with Gasteiger partial charge in [0.2, 0.25) is 65.0 Å². The first kappa shape index (κ1) is 85.8. The Labute approximate surface area is 626 Å². The lowest BCUT2D eigenvalue weighted by Gasteiger charge is -2.31. The number of hydrogen-bond donors (Lipinski definition) is 22. The van der Waals surface area contributed by atoms with E-state index in [0.717, 1.165) is 38.1 Å². The van der Waals surface area contributed by atoms with E-state index in [1.807, 2.05) is 26.6 Å². The first-order chi connectivity index (χ1) is 52.3. The number of aromatic hydroxyl groups is 1. The van der Waals surface area contributed by atoms with Gasteiger partial charge < -0.3 is 124 Å². The standard InChI is InChI=1S/C67H81N14O29P/c1-4-9-44-54(109-44)66(103)77-43(27-82)61(98)80-51-29(3)108-67(104)42(20-32-25-70-37-13-8-6-11-35(32)37)76-62(99)50(28(2)18-46(85)86)79-65(102)53(55(56(68)93)110-111(105,106)107)78-45(84)26-71-57(94)39(21-47(87)88)75-64(101)52(30-14-16-33(83)17-15-30)81-60(97)41(23-49(91)92)73-59(96)40(22-48(89)90)72-58(95)38(74-63(51)100)19-31-24-69-36-12-7-5-10-34(31)36/h5-8,10-17,24-25,28-29,38-44,50-55,69-70,82-83H,4,9,18-23,26-27H2,1-3H3,(H2,68,93)(H,71,94)(H,72,95)(H,73,96)(H,74,100)(H,75,101)(H,76,99)(H,77,103)(H,78,84)(H,79,102)(H,80,98)(H,81,97)(H,85,86)(H,87,88)(H,89,90)(H,91,92)(H2,105,106,107)/t28-,29-,38?,39+,40+,41?,42+,43+,44-,50?,51?,52-,53-,54+,55+/m1/s1. The molecule has 2 aromatic heterocycles. The number of amides is 12. The maximum atomic E-state index is 15.4. The molecule has 598 valence electrons. The topological polar surface area (TPSA) is 690 Å². The first-order valence-corrected chi connectivity index (χ1v) is 35.4. The molecule has 15 atom stereocenters. The lowest BCUT2D eigenvalue weighted by Crippen LogP contribution is -2.63. The Morgan fingerprint density at radius 3 is 1.63 bits per heavy atom. The Kier molecular flexibility index (Phi) is 29.8. The molecule has 2 saturated heterocycles. The van der Waals surface area contributed by atoms with Crippen LogP contribution in [-0.4, -0.2) is 243 Å². The number of phosphoric ester groups is 1. The zero-order chi connectivity index (χ0) is 81.9. The Morgan fingerprint density at radius 1 is 0.613 bits per heavy atom. The Balaban J connectivity index is 1.40. The Morgan fingerprint density at radius 2 is 1.11 bits per heavy atom. The third kappa shape index (κ3) is 24.5. The van der Waals surface area contributed by atoms with Gasteiger partial charge in [-0.2, -0.15) is 0 Å². The van der Waals surface area contributed by atoms with Crippen LogP contribution in [0.15, 0.2) is 85.2 Å². The van der Waals surface area contributed by atoms with Gasteiger partial charge in [0.05, 0.1) is 44.9 Å². The summed E-state index contributed by atoms with van der Waals surface area (Å²) in [6.07, 6.45) is -9.62. The van der Waals surface area contributed by atoms with Crippen molar-refractivity contribution in [3.05, 3.63) is 102 Å². The number of nitrogens with two attached hydrogens (primary N) is 1. The number of aliphatic hydroxyl groups excluding tert-OH is 1. The van der Waals surface area contributed by atoms with Crippen LogP contribution in [0.25, 0.3) is 21.8 Å². The number of phenolic OH excluding ortho intramolecular Hbond substituents is 1. The summed E-state index contributed by atoms with van der Waals surface area (Å²) in [7, 11) is -6.01. The molecular weight excluding hydrogens is 1500 g/mol. The number of hydrogen-bond acceptors (Lipinski definition) is 23. The van der Waals surface area contributed by atoms with Gasteiger partial charge in [0.15, 0.2) is 12.2 Å². The predicted octanol–water partition coefficient (Wildman–Crippen LogP) is -5.52. The van der Waals surface area contributed by atoms with Gasteiger partial charge in [-0.15, -0.1) is 0 Å². The van der Waals surface area contributed by atoms with Crippen molar-refractivity contribution in [1.82, 2.24) is 68.5 Å². The average Bonchev–Trinajstić information content (AvgIpc) is 1.77. The monoisotopic (exact) mass is 1580 g/mol. The number of phenols is 1. The normalized spacial score (nSPS) is 24.1. The Hall–Kier alpha value is -12.4. The van der Waals surface area contributed by atoms with E-state index in [4.69, 9.17) is 15.2 Å². The van der Waals surface area contributed by atoms with E-state index < -0.39 is 257 Å². The minimum atomic E-state index is -6.01. The highest BCUT2D eigenvalue weighted by Crippen LogP contribution is 2.38. The molecule has 12 amide bonds. The number of nitrogens with one attached hydrogen (secondary N) is 13. The van der Waals surface area contributed by atoms with Crippen molar-refractivity contribution in [2.75, 3.05) is 13.2 Å². The molecule has 0 saturated carbocycles. The number of aromatic amines is 2. The van der Waals surface area contributed by atoms with Crippen LogP contribution in [-0.2, 0) is 113 Å². The van der Waals surface area contributed by atoms with E-state index in [-0.39, 0.29) is 16.7 Å². The highest BCUT2D eigenvalue weighted by molar-refractivity contribution is 7.46. The molecule has 0 bridgehead atoms. The molecule has 0 spiro atoms. The number of epoxide rings is 1. The highest BCUT2D eigenvalue weighted by Gasteiger charge is 2.47. The number of esters is 1. The number of carbonyl (C=O) groups is 17. The van der Waals surface area contributed by atoms with Crippen LogP contribution in [0, 0.1) is 5.92 Å². The lowest BCUT2D eigenvalue weighted by molar-refractivity contribution is -0.156. The Bertz CT molecular complexity index is 4430. The van der Waals surface area contributed by atoms with Crippen LogP contribution in [0.3, 0.4) is 0 Å². The van der Waals surface area contributed by atoms with Crippen molar-refractivity contribution in [3.8, 4) is 5.75 Å². The number of fused-ring (bicyclic) bond motifs is 2. The number of benzene rings is 3. The third-order valence-electron chi connectivity index (χ3n) is 17.3. The van der Waals surface area contributed by atoms with Crippen molar-refractivity contribution in [2.45, 2.75) is 157 Å². The molecule has 44 heteroatoms. The number of para-hydroxylation sites is 2. The van der Waals surface area contributed by atoms with Gasteiger partial charge in [0, 0.05) is 47.0 Å². The van der Waals surface area contributed by atoms with Crippen molar-refractivity contribution in [1.29, 1.82) is 0 Å². The van der Waals surface area contributed by atoms with Gasteiger partial charge in [0.25, 0.3) is 5.91 Å². The van der Waals surface area contributed by atoms with Gasteiger partial charge in [-0.05, 0) is 60.2 Å². The number of H-pyrrole nitrogens is 2. The van der Waals surface area contributed by atoms with E-state index in [1.54, 1.807) is 55.5 Å². The molecule has 23 N–H and O–H groups in total. The molecule has 4 heterocycles. The summed E-state index contributed by atoms with van der Waals surface area (Å²) in [6.45, 7) is 1.15. The smallest absolute Gasteiger partial charge is 0.470 e. The lowest BCUT2D eigenvalue weighted by atomic mass is 9.95. The number of aliphatic carboxylic acids is 4. The number of ether oxygens (including phenoxy) is 2. The second-order valence-corrected chi connectivity index (χ2v) is 27.0. The van der Waals surface area contributed by atoms with Crippen LogP contribution in [0.2, 0.25) is 0 Å². The predicted molar refractivity (Wildman–Crippen MR) is 374 cm³/mol. The number of cyclic esters (lactones) is 1. The number of carboxylic acids is 4. The molecular formula is C67H81N14O29P. The summed E-state index contributed by atoms with van der Waals surface area (Å²) in [6, 6.07) is -6.43. The SMILES string of the molecule is CCC[C@H]1O[C@@H]1C(=O)N[C@@H](CO)C(=O)NC1C(=O)NC(Cc2c[nH]c3ccccc23)C(=O)N[C@@H](CC(=O)O)C(=O)NC(CC(=O)O)C(=O)N[C@H](c2ccc(O)cc2)C(=O)N[C@@H](CC(=O)O)C(=O)NCC(=O)N[C@H]([C@H](OP(=O)(O)O)C(N)=O)C(=O)NC([C@H](C)CC(=O)O)C(=O)N[C@@H](Cc2c[nH]c3ccccc23)C(=O)O[C@@H]1C. The van der Waals surface area contributed by atoms with Crippen molar-refractivity contribution < 1.29 is 140 Å². The average molecular weight is 1580 g/mol. The molecule has 4 unspecified atom stereocenters. The number of aromatic nitrogens is 2. The molecule has 111 heavy (non-hydrogen) atoms. The van der Waals surface area contributed by atoms with Crippen LogP contribution >= 0.6 is 7.82 Å². The van der Waals surface area contributed by atoms with E-state index in [1.165, 1.54) is 12.4 Å². The molecule has 2 fully saturated rings. The van der Waals surface area contributed by atoms with Gasteiger partial charge in [-0.3, -0.25) is 81.2 Å². The van der Waals surface area contributed by atoms with Crippen molar-refractivity contribution in [2.24, 2.45) is 11.7 Å². The first-order valence-electron chi connectivity index (χ1n) is 33.9. The third-order valence-corrected chi connectivity index (χ3v) is 17.8. The summed E-state index contributed by atoms with van der Waals surface area (Å²) in [5.41, 5.74) is 6.38. The highest BCUT2D eigenvalue weighted by atomic mass is 31.2. The number of aliphatic hydroxyl groups is 1. The molecule has 2 aliphatic rings. The molecule has 0 radical (unpaired) electrons. The molecule has 43 nitrogen and oxygen atoms in total. The van der Waals surface area contributed by atoms with Crippen molar-refractivity contribution in [3.63, 3.8) is 0 Å². The van der Waals surface area contributed by atoms with E-state index in [0.29, 0.717) is 34.6 Å². The fraction of sp³-hybridized carbons (Fsp3) is 0.418. The van der Waals surface area contributed by atoms with Crippen LogP contribution in [0.5, 0.6) is 5.75 Å². The quantitative estimate of drug-likeness (QED) is 0.0147. The molecule has 5 aromatic rings. The van der Waals surface area contributed by atoms with Crippen LogP contribution < -0.4 is 64.2 Å². The largest absolute Gasteiger partial charge is 0.508 e. The number of carbonyl (C=O) groups excluding carboxylic acids is 13. The van der Waals surface area contributed by atoms with E-state index in [9.17, 15) is 107 Å². The number of primary amides is 1. The van der Waals surface area contributed by atoms with Gasteiger partial charge in [-0.1, -0.05) is 68.8 Å². The number of rotatable bonds is 25. The van der Waals surface area contributed by atoms with Crippen LogP contribution in [0.4, 0.5) is 0 Å².